The molecular formula is C11H8BrN3. The van der Waals surface area contributed by atoms with E-state index in [1.54, 1.807) is 6.20 Å². The van der Waals surface area contributed by atoms with Gasteiger partial charge in [0, 0.05) is 5.39 Å². The maximum Gasteiger partial charge on any atom is 0.128 e. The Morgan fingerprint density at radius 1 is 1.27 bits per heavy atom. The minimum Gasteiger partial charge on any atom is -0.233 e. The van der Waals surface area contributed by atoms with Gasteiger partial charge < -0.3 is 0 Å². The summed E-state index contributed by atoms with van der Waals surface area (Å²) in [6.07, 6.45) is 1.80. The van der Waals surface area contributed by atoms with Gasteiger partial charge in [-0.05, 0) is 28.9 Å². The number of halogens is 1. The average molecular weight is 262 g/mol. The van der Waals surface area contributed by atoms with Crippen molar-refractivity contribution in [1.29, 1.82) is 0 Å². The maximum atomic E-state index is 4.50. The Balaban J connectivity index is 2.67. The summed E-state index contributed by atoms with van der Waals surface area (Å²) in [7, 11) is 0. The zero-order valence-corrected chi connectivity index (χ0v) is 9.69. The molecule has 0 aliphatic carbocycles. The highest BCUT2D eigenvalue weighted by Crippen LogP contribution is 2.25. The predicted molar refractivity (Wildman–Crippen MR) is 62.9 cm³/mol. The van der Waals surface area contributed by atoms with Crippen molar-refractivity contribution in [3.63, 3.8) is 0 Å². The van der Waals surface area contributed by atoms with E-state index in [-0.39, 0.29) is 0 Å². The summed E-state index contributed by atoms with van der Waals surface area (Å²) in [6.45, 7) is 1.96. The molecule has 3 rings (SSSR count). The first-order chi connectivity index (χ1) is 7.27. The van der Waals surface area contributed by atoms with E-state index in [2.05, 4.69) is 32.1 Å². The molecule has 0 unspecified atom stereocenters. The van der Waals surface area contributed by atoms with Crippen molar-refractivity contribution >= 4 is 32.3 Å². The molecule has 3 aromatic rings. The Kier molecular flexibility index (Phi) is 1.79. The first-order valence-corrected chi connectivity index (χ1v) is 5.45. The van der Waals surface area contributed by atoms with Crippen LogP contribution in [0.4, 0.5) is 0 Å². The van der Waals surface area contributed by atoms with Gasteiger partial charge in [-0.1, -0.05) is 18.2 Å². The molecule has 0 saturated heterocycles. The van der Waals surface area contributed by atoms with Gasteiger partial charge in [-0.3, -0.25) is 0 Å². The van der Waals surface area contributed by atoms with Crippen molar-refractivity contribution < 1.29 is 0 Å². The van der Waals surface area contributed by atoms with Crippen molar-refractivity contribution in [2.24, 2.45) is 0 Å². The lowest BCUT2D eigenvalue weighted by Crippen LogP contribution is -1.97. The first kappa shape index (κ1) is 8.85. The number of hydrogen-bond acceptors (Lipinski definition) is 2. The predicted octanol–water partition coefficient (Wildman–Crippen LogP) is 2.95. The minimum absolute atomic E-state index is 0.898. The molecule has 2 heterocycles. The van der Waals surface area contributed by atoms with Gasteiger partial charge in [-0.2, -0.15) is 5.10 Å². The second-order valence-electron chi connectivity index (χ2n) is 3.43. The van der Waals surface area contributed by atoms with Gasteiger partial charge in [0.1, 0.15) is 5.82 Å². The standard InChI is InChI=1S/C11H8BrN3/c1-7-14-10-5-3-2-4-8(10)11-9(12)6-13-15(7)11/h2-6H,1H3. The maximum absolute atomic E-state index is 4.50. The highest BCUT2D eigenvalue weighted by Gasteiger charge is 2.08. The summed E-state index contributed by atoms with van der Waals surface area (Å²) < 4.78 is 2.86. The fraction of sp³-hybridized carbons (Fsp3) is 0.0909. The van der Waals surface area contributed by atoms with E-state index >= 15 is 0 Å². The molecule has 0 fully saturated rings. The van der Waals surface area contributed by atoms with Crippen LogP contribution in [-0.4, -0.2) is 14.6 Å². The van der Waals surface area contributed by atoms with E-state index in [0.717, 1.165) is 26.7 Å². The zero-order valence-electron chi connectivity index (χ0n) is 8.11. The molecule has 0 bridgehead atoms. The molecule has 1 aromatic carbocycles. The molecule has 74 valence electrons. The van der Waals surface area contributed by atoms with E-state index in [9.17, 15) is 0 Å². The molecule has 0 aliphatic heterocycles. The molecule has 0 atom stereocenters. The van der Waals surface area contributed by atoms with Crippen LogP contribution >= 0.6 is 15.9 Å². The molecule has 3 nitrogen and oxygen atoms in total. The summed E-state index contributed by atoms with van der Waals surface area (Å²) in [5.41, 5.74) is 2.09. The molecule has 0 N–H and O–H groups in total. The number of hydrogen-bond donors (Lipinski definition) is 0. The quantitative estimate of drug-likeness (QED) is 0.623. The van der Waals surface area contributed by atoms with Crippen molar-refractivity contribution in [1.82, 2.24) is 14.6 Å². The first-order valence-electron chi connectivity index (χ1n) is 4.66. The Morgan fingerprint density at radius 2 is 2.07 bits per heavy atom. The SMILES string of the molecule is Cc1nc2ccccc2c2c(Br)cnn12. The fourth-order valence-corrected chi connectivity index (χ4v) is 2.28. The fourth-order valence-electron chi connectivity index (χ4n) is 1.81. The van der Waals surface area contributed by atoms with Crippen LogP contribution in [0.25, 0.3) is 16.4 Å². The van der Waals surface area contributed by atoms with Crippen LogP contribution in [0.2, 0.25) is 0 Å². The van der Waals surface area contributed by atoms with E-state index in [1.165, 1.54) is 0 Å². The molecule has 0 radical (unpaired) electrons. The molecule has 0 saturated carbocycles. The van der Waals surface area contributed by atoms with Crippen molar-refractivity contribution in [3.8, 4) is 0 Å². The zero-order chi connectivity index (χ0) is 10.4. The van der Waals surface area contributed by atoms with Crippen molar-refractivity contribution in [2.45, 2.75) is 6.92 Å². The van der Waals surface area contributed by atoms with Crippen LogP contribution in [0.3, 0.4) is 0 Å². The highest BCUT2D eigenvalue weighted by atomic mass is 79.9. The number of aryl methyl sites for hydroxylation is 1. The number of fused-ring (bicyclic) bond motifs is 3. The average Bonchev–Trinajstić information content (AvgIpc) is 2.62. The third-order valence-electron chi connectivity index (χ3n) is 2.47. The molecule has 0 amide bonds. The summed E-state index contributed by atoms with van der Waals surface area (Å²) in [5.74, 6) is 0.898. The van der Waals surface area contributed by atoms with Gasteiger partial charge in [-0.25, -0.2) is 9.50 Å². The van der Waals surface area contributed by atoms with E-state index in [0.29, 0.717) is 0 Å². The smallest absolute Gasteiger partial charge is 0.128 e. The normalized spacial score (nSPS) is 11.3. The lowest BCUT2D eigenvalue weighted by atomic mass is 10.2. The number of para-hydroxylation sites is 1. The highest BCUT2D eigenvalue weighted by molar-refractivity contribution is 9.10. The molecule has 2 aromatic heterocycles. The van der Waals surface area contributed by atoms with Gasteiger partial charge in [0.25, 0.3) is 0 Å². The molecule has 0 aliphatic rings. The molecule has 0 spiro atoms. The van der Waals surface area contributed by atoms with E-state index in [1.807, 2.05) is 29.6 Å². The van der Waals surface area contributed by atoms with Gasteiger partial charge >= 0.3 is 0 Å². The van der Waals surface area contributed by atoms with Gasteiger partial charge in [0.2, 0.25) is 0 Å². The molecule has 4 heteroatoms. The summed E-state index contributed by atoms with van der Waals surface area (Å²) in [4.78, 5) is 4.50. The van der Waals surface area contributed by atoms with Gasteiger partial charge in [0.05, 0.1) is 21.7 Å². The lowest BCUT2D eigenvalue weighted by molar-refractivity contribution is 0.877. The van der Waals surface area contributed by atoms with Gasteiger partial charge in [-0.15, -0.1) is 0 Å². The largest absolute Gasteiger partial charge is 0.233 e. The van der Waals surface area contributed by atoms with Crippen molar-refractivity contribution in [3.05, 3.63) is 40.8 Å². The van der Waals surface area contributed by atoms with E-state index < -0.39 is 0 Å². The number of aromatic nitrogens is 3. The minimum atomic E-state index is 0.898. The Labute approximate surface area is 94.9 Å². The Hall–Kier alpha value is -1.42. The second kappa shape index (κ2) is 3.03. The van der Waals surface area contributed by atoms with Crippen LogP contribution < -0.4 is 0 Å². The van der Waals surface area contributed by atoms with Gasteiger partial charge in [0.15, 0.2) is 0 Å². The summed E-state index contributed by atoms with van der Waals surface area (Å²) in [6, 6.07) is 8.08. The number of rotatable bonds is 0. The monoisotopic (exact) mass is 261 g/mol. The molecular weight excluding hydrogens is 254 g/mol. The Morgan fingerprint density at radius 3 is 2.93 bits per heavy atom. The van der Waals surface area contributed by atoms with Crippen LogP contribution in [0.5, 0.6) is 0 Å². The summed E-state index contributed by atoms with van der Waals surface area (Å²) in [5, 5.41) is 5.39. The van der Waals surface area contributed by atoms with Crippen LogP contribution in [0, 0.1) is 6.92 Å². The topological polar surface area (TPSA) is 30.2 Å². The number of nitrogens with zero attached hydrogens (tertiary/aromatic N) is 3. The third kappa shape index (κ3) is 1.18. The lowest BCUT2D eigenvalue weighted by Gasteiger charge is -2.03. The van der Waals surface area contributed by atoms with Crippen molar-refractivity contribution in [2.75, 3.05) is 0 Å². The number of benzene rings is 1. The van der Waals surface area contributed by atoms with E-state index in [4.69, 9.17) is 0 Å². The Bertz CT molecular complexity index is 657. The third-order valence-corrected chi connectivity index (χ3v) is 3.05. The van der Waals surface area contributed by atoms with Crippen LogP contribution in [-0.2, 0) is 0 Å². The van der Waals surface area contributed by atoms with Crippen LogP contribution in [0.15, 0.2) is 34.9 Å². The van der Waals surface area contributed by atoms with Crippen LogP contribution in [0.1, 0.15) is 5.82 Å². The molecule has 15 heavy (non-hydrogen) atoms. The second-order valence-corrected chi connectivity index (χ2v) is 4.28. The summed E-state index contributed by atoms with van der Waals surface area (Å²) >= 11 is 3.51.